The molecule has 4 N–H and O–H groups in total. The molecule has 0 unspecified atom stereocenters. The summed E-state index contributed by atoms with van der Waals surface area (Å²) in [5.41, 5.74) is 6.33. The SMILES string of the molecule is Nc1ccc(NC(=O)c2ccc(F)cc2O)cc1Cl. The lowest BCUT2D eigenvalue weighted by molar-refractivity contribution is 0.102. The molecule has 1 amide bonds. The average molecular weight is 281 g/mol. The van der Waals surface area contributed by atoms with E-state index in [4.69, 9.17) is 17.3 Å². The fourth-order valence-electron chi connectivity index (χ4n) is 1.50. The van der Waals surface area contributed by atoms with Gasteiger partial charge in [0.2, 0.25) is 0 Å². The smallest absolute Gasteiger partial charge is 0.259 e. The molecular formula is C13H10ClFN2O2. The van der Waals surface area contributed by atoms with Gasteiger partial charge in [-0.05, 0) is 30.3 Å². The number of nitrogens with two attached hydrogens (primary N) is 1. The van der Waals surface area contributed by atoms with Crippen LogP contribution >= 0.6 is 11.6 Å². The molecule has 0 aliphatic rings. The predicted molar refractivity (Wildman–Crippen MR) is 71.9 cm³/mol. The Bertz CT molecular complexity index is 647. The average Bonchev–Trinajstić information content (AvgIpc) is 2.33. The molecule has 0 atom stereocenters. The molecule has 4 nitrogen and oxygen atoms in total. The van der Waals surface area contributed by atoms with E-state index in [2.05, 4.69) is 5.32 Å². The van der Waals surface area contributed by atoms with Crippen LogP contribution in [0.3, 0.4) is 0 Å². The van der Waals surface area contributed by atoms with Gasteiger partial charge < -0.3 is 16.2 Å². The van der Waals surface area contributed by atoms with Crippen LogP contribution in [-0.2, 0) is 0 Å². The van der Waals surface area contributed by atoms with Crippen molar-refractivity contribution in [3.05, 3.63) is 52.8 Å². The summed E-state index contributed by atoms with van der Waals surface area (Å²) in [7, 11) is 0. The molecule has 6 heteroatoms. The normalized spacial score (nSPS) is 10.2. The van der Waals surface area contributed by atoms with Crippen LogP contribution in [-0.4, -0.2) is 11.0 Å². The number of halogens is 2. The molecule has 98 valence electrons. The van der Waals surface area contributed by atoms with Crippen molar-refractivity contribution < 1.29 is 14.3 Å². The second-order valence-corrected chi connectivity index (χ2v) is 4.26. The molecule has 0 radical (unpaired) electrons. The molecule has 0 saturated heterocycles. The first-order valence-electron chi connectivity index (χ1n) is 5.32. The van der Waals surface area contributed by atoms with Gasteiger partial charge in [0.25, 0.3) is 5.91 Å². The van der Waals surface area contributed by atoms with Crippen molar-refractivity contribution >= 4 is 28.9 Å². The monoisotopic (exact) mass is 280 g/mol. The van der Waals surface area contributed by atoms with Crippen LogP contribution in [0.15, 0.2) is 36.4 Å². The molecule has 2 aromatic carbocycles. The number of aromatic hydroxyl groups is 1. The molecule has 0 aliphatic carbocycles. The number of hydrogen-bond acceptors (Lipinski definition) is 3. The van der Waals surface area contributed by atoms with Gasteiger partial charge in [0.05, 0.1) is 16.3 Å². The molecule has 2 aromatic rings. The standard InChI is InChI=1S/C13H10ClFN2O2/c14-10-6-8(2-4-11(10)16)17-13(19)9-3-1-7(15)5-12(9)18/h1-6,18H,16H2,(H,17,19). The van der Waals surface area contributed by atoms with E-state index in [1.54, 1.807) is 12.1 Å². The third kappa shape index (κ3) is 2.95. The summed E-state index contributed by atoms with van der Waals surface area (Å²) in [4.78, 5) is 11.9. The maximum atomic E-state index is 12.8. The zero-order valence-electron chi connectivity index (χ0n) is 9.65. The third-order valence-electron chi connectivity index (χ3n) is 2.46. The van der Waals surface area contributed by atoms with Crippen molar-refractivity contribution in [1.82, 2.24) is 0 Å². The number of phenolic OH excluding ortho intramolecular Hbond substituents is 1. The van der Waals surface area contributed by atoms with E-state index >= 15 is 0 Å². The van der Waals surface area contributed by atoms with E-state index in [1.165, 1.54) is 12.1 Å². The van der Waals surface area contributed by atoms with E-state index in [0.717, 1.165) is 12.1 Å². The van der Waals surface area contributed by atoms with Crippen LogP contribution in [0.25, 0.3) is 0 Å². The number of amides is 1. The number of nitrogens with one attached hydrogen (secondary N) is 1. The summed E-state index contributed by atoms with van der Waals surface area (Å²) in [6.07, 6.45) is 0. The van der Waals surface area contributed by atoms with Gasteiger partial charge in [-0.25, -0.2) is 4.39 Å². The Hall–Kier alpha value is -2.27. The zero-order valence-corrected chi connectivity index (χ0v) is 10.4. The van der Waals surface area contributed by atoms with E-state index in [-0.39, 0.29) is 5.56 Å². The van der Waals surface area contributed by atoms with Gasteiger partial charge in [0.15, 0.2) is 0 Å². The Morgan fingerprint density at radius 2 is 2.00 bits per heavy atom. The lowest BCUT2D eigenvalue weighted by atomic mass is 10.1. The third-order valence-corrected chi connectivity index (χ3v) is 2.79. The second kappa shape index (κ2) is 5.16. The van der Waals surface area contributed by atoms with Crippen LogP contribution < -0.4 is 11.1 Å². The maximum absolute atomic E-state index is 12.8. The molecule has 19 heavy (non-hydrogen) atoms. The van der Waals surface area contributed by atoms with Gasteiger partial charge in [-0.2, -0.15) is 0 Å². The zero-order chi connectivity index (χ0) is 14.0. The Morgan fingerprint density at radius 3 is 2.63 bits per heavy atom. The minimum atomic E-state index is -0.621. The lowest BCUT2D eigenvalue weighted by Gasteiger charge is -2.08. The predicted octanol–water partition coefficient (Wildman–Crippen LogP) is 3.02. The highest BCUT2D eigenvalue weighted by Crippen LogP contribution is 2.24. The summed E-state index contributed by atoms with van der Waals surface area (Å²) in [6, 6.07) is 7.74. The number of carbonyl (C=O) groups is 1. The van der Waals surface area contributed by atoms with E-state index in [1.807, 2.05) is 0 Å². The second-order valence-electron chi connectivity index (χ2n) is 3.85. The molecule has 0 spiro atoms. The molecule has 0 heterocycles. The summed E-state index contributed by atoms with van der Waals surface area (Å²) in [5.74, 6) is -1.62. The van der Waals surface area contributed by atoms with Crippen molar-refractivity contribution in [1.29, 1.82) is 0 Å². The van der Waals surface area contributed by atoms with Gasteiger partial charge in [-0.1, -0.05) is 11.6 Å². The number of anilines is 2. The van der Waals surface area contributed by atoms with Crippen LogP contribution in [0.4, 0.5) is 15.8 Å². The van der Waals surface area contributed by atoms with E-state index in [9.17, 15) is 14.3 Å². The summed E-state index contributed by atoms with van der Waals surface area (Å²) >= 11 is 5.82. The number of benzene rings is 2. The number of carbonyl (C=O) groups excluding carboxylic acids is 1. The van der Waals surface area contributed by atoms with Gasteiger partial charge in [0, 0.05) is 11.8 Å². The first-order valence-corrected chi connectivity index (χ1v) is 5.70. The largest absolute Gasteiger partial charge is 0.507 e. The molecule has 0 bridgehead atoms. The highest BCUT2D eigenvalue weighted by atomic mass is 35.5. The highest BCUT2D eigenvalue weighted by Gasteiger charge is 2.12. The quantitative estimate of drug-likeness (QED) is 0.740. The molecule has 2 rings (SSSR count). The van der Waals surface area contributed by atoms with E-state index < -0.39 is 17.5 Å². The van der Waals surface area contributed by atoms with Crippen molar-refractivity contribution in [3.63, 3.8) is 0 Å². The fourth-order valence-corrected chi connectivity index (χ4v) is 1.68. The molecule has 0 aliphatic heterocycles. The molecule has 0 saturated carbocycles. The van der Waals surface area contributed by atoms with Crippen molar-refractivity contribution in [2.75, 3.05) is 11.1 Å². The van der Waals surface area contributed by atoms with Crippen LogP contribution in [0, 0.1) is 5.82 Å². The van der Waals surface area contributed by atoms with Gasteiger partial charge in [-0.15, -0.1) is 0 Å². The first kappa shape index (κ1) is 13.2. The van der Waals surface area contributed by atoms with Crippen LogP contribution in [0.1, 0.15) is 10.4 Å². The summed E-state index contributed by atoms with van der Waals surface area (Å²) in [6.45, 7) is 0. The Morgan fingerprint density at radius 1 is 1.26 bits per heavy atom. The number of hydrogen-bond donors (Lipinski definition) is 3. The minimum absolute atomic E-state index is 0.0330. The Kier molecular flexibility index (Phi) is 3.57. The topological polar surface area (TPSA) is 75.3 Å². The molecular weight excluding hydrogens is 271 g/mol. The van der Waals surface area contributed by atoms with Crippen molar-refractivity contribution in [3.8, 4) is 5.75 Å². The van der Waals surface area contributed by atoms with E-state index in [0.29, 0.717) is 16.4 Å². The number of rotatable bonds is 2. The van der Waals surface area contributed by atoms with Gasteiger partial charge in [0.1, 0.15) is 11.6 Å². The maximum Gasteiger partial charge on any atom is 0.259 e. The van der Waals surface area contributed by atoms with Crippen LogP contribution in [0.5, 0.6) is 5.75 Å². The van der Waals surface area contributed by atoms with Crippen LogP contribution in [0.2, 0.25) is 5.02 Å². The summed E-state index contributed by atoms with van der Waals surface area (Å²) < 4.78 is 12.8. The molecule has 0 aromatic heterocycles. The molecule has 0 fully saturated rings. The highest BCUT2D eigenvalue weighted by molar-refractivity contribution is 6.33. The van der Waals surface area contributed by atoms with Gasteiger partial charge >= 0.3 is 0 Å². The lowest BCUT2D eigenvalue weighted by Crippen LogP contribution is -2.12. The number of nitrogen functional groups attached to an aromatic ring is 1. The minimum Gasteiger partial charge on any atom is -0.507 e. The van der Waals surface area contributed by atoms with Crippen molar-refractivity contribution in [2.24, 2.45) is 0 Å². The Labute approximate surface area is 113 Å². The summed E-state index contributed by atoms with van der Waals surface area (Å²) in [5, 5.41) is 12.3. The van der Waals surface area contributed by atoms with Crippen molar-refractivity contribution in [2.45, 2.75) is 0 Å². The number of phenols is 1. The van der Waals surface area contributed by atoms with Gasteiger partial charge in [-0.3, -0.25) is 4.79 Å². The fraction of sp³-hybridized carbons (Fsp3) is 0. The Balaban J connectivity index is 2.23. The first-order chi connectivity index (χ1) is 8.97.